The Balaban J connectivity index is 1.99. The van der Waals surface area contributed by atoms with Gasteiger partial charge in [-0.1, -0.05) is 37.6 Å². The van der Waals surface area contributed by atoms with Crippen molar-refractivity contribution in [2.45, 2.75) is 26.7 Å². The summed E-state index contributed by atoms with van der Waals surface area (Å²) in [6.07, 6.45) is 0. The van der Waals surface area contributed by atoms with Crippen LogP contribution in [0.15, 0.2) is 42.5 Å². The SMILES string of the molecule is Cc1cc(NC(=O)Nc2ccc(C(C)C)cc2)ccc1Cl. The molecule has 0 bridgehead atoms. The Hall–Kier alpha value is -2.00. The van der Waals surface area contributed by atoms with Gasteiger partial charge >= 0.3 is 6.03 Å². The molecule has 110 valence electrons. The van der Waals surface area contributed by atoms with Crippen LogP contribution in [0, 0.1) is 6.92 Å². The van der Waals surface area contributed by atoms with Crippen LogP contribution < -0.4 is 10.6 Å². The lowest BCUT2D eigenvalue weighted by atomic mass is 10.0. The number of benzene rings is 2. The summed E-state index contributed by atoms with van der Waals surface area (Å²) in [5.74, 6) is 0.477. The average Bonchev–Trinajstić information content (AvgIpc) is 2.43. The van der Waals surface area contributed by atoms with E-state index in [9.17, 15) is 4.79 Å². The van der Waals surface area contributed by atoms with Gasteiger partial charge in [0.15, 0.2) is 0 Å². The summed E-state index contributed by atoms with van der Waals surface area (Å²) in [5, 5.41) is 6.28. The van der Waals surface area contributed by atoms with E-state index in [1.54, 1.807) is 12.1 Å². The second-order valence-corrected chi connectivity index (χ2v) is 5.73. The lowest BCUT2D eigenvalue weighted by Crippen LogP contribution is -2.19. The molecule has 2 aromatic carbocycles. The van der Waals surface area contributed by atoms with E-state index in [0.717, 1.165) is 11.3 Å². The highest BCUT2D eigenvalue weighted by molar-refractivity contribution is 6.31. The highest BCUT2D eigenvalue weighted by atomic mass is 35.5. The monoisotopic (exact) mass is 302 g/mol. The third-order valence-electron chi connectivity index (χ3n) is 3.25. The average molecular weight is 303 g/mol. The molecule has 0 aliphatic carbocycles. The van der Waals surface area contributed by atoms with E-state index in [2.05, 4.69) is 24.5 Å². The van der Waals surface area contributed by atoms with Gasteiger partial charge in [-0.15, -0.1) is 0 Å². The standard InChI is InChI=1S/C17H19ClN2O/c1-11(2)13-4-6-14(7-5-13)19-17(21)20-15-8-9-16(18)12(3)10-15/h4-11H,1-3H3,(H2,19,20,21). The third-order valence-corrected chi connectivity index (χ3v) is 3.68. The zero-order valence-corrected chi connectivity index (χ0v) is 13.2. The number of rotatable bonds is 3. The van der Waals surface area contributed by atoms with Crippen LogP contribution in [0.4, 0.5) is 16.2 Å². The van der Waals surface area contributed by atoms with E-state index in [4.69, 9.17) is 11.6 Å². The van der Waals surface area contributed by atoms with Crippen molar-refractivity contribution in [3.05, 3.63) is 58.6 Å². The Morgan fingerprint density at radius 1 is 1.00 bits per heavy atom. The first-order valence-electron chi connectivity index (χ1n) is 6.90. The van der Waals surface area contributed by atoms with Crippen LogP contribution in [-0.4, -0.2) is 6.03 Å². The fraction of sp³-hybridized carbons (Fsp3) is 0.235. The maximum absolute atomic E-state index is 11.9. The van der Waals surface area contributed by atoms with Crippen molar-refractivity contribution in [2.75, 3.05) is 10.6 Å². The zero-order chi connectivity index (χ0) is 15.4. The molecular weight excluding hydrogens is 284 g/mol. The Labute approximate surface area is 130 Å². The van der Waals surface area contributed by atoms with E-state index < -0.39 is 0 Å². The van der Waals surface area contributed by atoms with Crippen molar-refractivity contribution < 1.29 is 4.79 Å². The maximum Gasteiger partial charge on any atom is 0.323 e. The number of carbonyl (C=O) groups is 1. The molecule has 0 aromatic heterocycles. The third kappa shape index (κ3) is 4.23. The molecule has 2 rings (SSSR count). The Kier molecular flexibility index (Phi) is 4.86. The topological polar surface area (TPSA) is 41.1 Å². The van der Waals surface area contributed by atoms with Crippen LogP contribution in [0.3, 0.4) is 0 Å². The summed E-state index contributed by atoms with van der Waals surface area (Å²) >= 11 is 5.96. The molecule has 4 heteroatoms. The van der Waals surface area contributed by atoms with Crippen molar-refractivity contribution >= 4 is 29.0 Å². The molecule has 2 amide bonds. The van der Waals surface area contributed by atoms with E-state index in [-0.39, 0.29) is 6.03 Å². The molecule has 0 unspecified atom stereocenters. The van der Waals surface area contributed by atoms with Gasteiger partial charge in [0.1, 0.15) is 0 Å². The number of anilines is 2. The molecule has 0 fully saturated rings. The van der Waals surface area contributed by atoms with Crippen LogP contribution in [0.25, 0.3) is 0 Å². The van der Waals surface area contributed by atoms with Crippen LogP contribution in [0.5, 0.6) is 0 Å². The lowest BCUT2D eigenvalue weighted by molar-refractivity contribution is 0.262. The molecule has 0 radical (unpaired) electrons. The molecule has 0 spiro atoms. The molecule has 2 N–H and O–H groups in total. The van der Waals surface area contributed by atoms with E-state index >= 15 is 0 Å². The first-order valence-corrected chi connectivity index (χ1v) is 7.27. The number of aryl methyl sites for hydroxylation is 1. The predicted octanol–water partition coefficient (Wildman–Crippen LogP) is 5.42. The second-order valence-electron chi connectivity index (χ2n) is 5.32. The zero-order valence-electron chi connectivity index (χ0n) is 12.4. The minimum absolute atomic E-state index is 0.269. The molecule has 0 saturated carbocycles. The number of halogens is 1. The Morgan fingerprint density at radius 2 is 1.57 bits per heavy atom. The molecule has 0 aliphatic heterocycles. The first-order chi connectivity index (χ1) is 9.95. The fourth-order valence-electron chi connectivity index (χ4n) is 1.97. The second kappa shape index (κ2) is 6.64. The van der Waals surface area contributed by atoms with Crippen molar-refractivity contribution in [3.63, 3.8) is 0 Å². The van der Waals surface area contributed by atoms with Gasteiger partial charge in [0.25, 0.3) is 0 Å². The largest absolute Gasteiger partial charge is 0.323 e. The fourth-order valence-corrected chi connectivity index (χ4v) is 2.08. The minimum atomic E-state index is -0.269. The number of amides is 2. The number of carbonyl (C=O) groups excluding carboxylic acids is 1. The minimum Gasteiger partial charge on any atom is -0.308 e. The van der Waals surface area contributed by atoms with Crippen LogP contribution in [0.2, 0.25) is 5.02 Å². The molecule has 0 aliphatic rings. The Bertz CT molecular complexity index is 636. The van der Waals surface area contributed by atoms with Gasteiger partial charge in [-0.2, -0.15) is 0 Å². The molecule has 0 saturated heterocycles. The van der Waals surface area contributed by atoms with Crippen molar-refractivity contribution in [1.82, 2.24) is 0 Å². The Morgan fingerprint density at radius 3 is 2.14 bits per heavy atom. The van der Waals surface area contributed by atoms with Crippen LogP contribution in [0.1, 0.15) is 30.9 Å². The quantitative estimate of drug-likeness (QED) is 0.781. The molecular formula is C17H19ClN2O. The number of hydrogen-bond acceptors (Lipinski definition) is 1. The van der Waals surface area contributed by atoms with Gasteiger partial charge in [-0.25, -0.2) is 4.79 Å². The van der Waals surface area contributed by atoms with Crippen LogP contribution in [-0.2, 0) is 0 Å². The molecule has 21 heavy (non-hydrogen) atoms. The number of hydrogen-bond donors (Lipinski definition) is 2. The van der Waals surface area contributed by atoms with Crippen molar-refractivity contribution in [1.29, 1.82) is 0 Å². The predicted molar refractivity (Wildman–Crippen MR) is 89.4 cm³/mol. The van der Waals surface area contributed by atoms with Crippen molar-refractivity contribution in [3.8, 4) is 0 Å². The van der Waals surface area contributed by atoms with E-state index in [1.165, 1.54) is 5.56 Å². The number of urea groups is 1. The van der Waals surface area contributed by atoms with Gasteiger partial charge < -0.3 is 10.6 Å². The summed E-state index contributed by atoms with van der Waals surface area (Å²) in [6.45, 7) is 6.17. The number of nitrogens with one attached hydrogen (secondary N) is 2. The van der Waals surface area contributed by atoms with Gasteiger partial charge in [-0.05, 0) is 54.3 Å². The maximum atomic E-state index is 11.9. The summed E-state index contributed by atoms with van der Waals surface area (Å²) in [7, 11) is 0. The summed E-state index contributed by atoms with van der Waals surface area (Å²) in [5.41, 5.74) is 3.65. The van der Waals surface area contributed by atoms with Gasteiger partial charge in [0.05, 0.1) is 0 Å². The van der Waals surface area contributed by atoms with Gasteiger partial charge in [0.2, 0.25) is 0 Å². The molecule has 0 atom stereocenters. The highest BCUT2D eigenvalue weighted by Crippen LogP contribution is 2.20. The van der Waals surface area contributed by atoms with E-state index in [0.29, 0.717) is 16.6 Å². The summed E-state index contributed by atoms with van der Waals surface area (Å²) in [4.78, 5) is 11.9. The summed E-state index contributed by atoms with van der Waals surface area (Å²) in [6, 6.07) is 13.0. The van der Waals surface area contributed by atoms with E-state index in [1.807, 2.05) is 37.3 Å². The van der Waals surface area contributed by atoms with Gasteiger partial charge in [-0.3, -0.25) is 0 Å². The molecule has 2 aromatic rings. The summed E-state index contributed by atoms with van der Waals surface area (Å²) < 4.78 is 0. The first kappa shape index (κ1) is 15.4. The highest BCUT2D eigenvalue weighted by Gasteiger charge is 2.05. The lowest BCUT2D eigenvalue weighted by Gasteiger charge is -2.10. The van der Waals surface area contributed by atoms with Crippen molar-refractivity contribution in [2.24, 2.45) is 0 Å². The molecule has 0 heterocycles. The normalized spacial score (nSPS) is 10.5. The smallest absolute Gasteiger partial charge is 0.308 e. The van der Waals surface area contributed by atoms with Gasteiger partial charge in [0, 0.05) is 16.4 Å². The molecule has 3 nitrogen and oxygen atoms in total. The van der Waals surface area contributed by atoms with Crippen LogP contribution >= 0.6 is 11.6 Å².